The van der Waals surface area contributed by atoms with Crippen molar-refractivity contribution in [3.05, 3.63) is 106 Å². The molecule has 0 unspecified atom stereocenters. The summed E-state index contributed by atoms with van der Waals surface area (Å²) in [5.74, 6) is -0.357. The van der Waals surface area contributed by atoms with Crippen molar-refractivity contribution in [1.29, 1.82) is 0 Å². The lowest BCUT2D eigenvalue weighted by atomic mass is 10.0. The zero-order valence-corrected chi connectivity index (χ0v) is 23.4. The third-order valence-electron chi connectivity index (χ3n) is 6.78. The highest BCUT2D eigenvalue weighted by Gasteiger charge is 2.16. The molecule has 0 heterocycles. The lowest BCUT2D eigenvalue weighted by Gasteiger charge is -2.10. The summed E-state index contributed by atoms with van der Waals surface area (Å²) in [7, 11) is 0. The smallest absolute Gasteiger partial charge is 0.345 e. The van der Waals surface area contributed by atoms with E-state index < -0.39 is 11.9 Å². The second-order valence-corrected chi connectivity index (χ2v) is 10.3. The number of hydrogen-bond donors (Lipinski definition) is 0. The standard InChI is InChI=1S/C34H35ClO4/c1-3-5-7-8-10-25-11-14-27-22-28(16-15-26(27)21-25)33(36)39-30-19-20-31(32(35)23-30)34(37)38-29-17-12-24(13-18-29)9-6-4-2/h11-23H,3-10H2,1-2H3. The van der Waals surface area contributed by atoms with Gasteiger partial charge < -0.3 is 9.47 Å². The fraction of sp³-hybridized carbons (Fsp3) is 0.294. The summed E-state index contributed by atoms with van der Waals surface area (Å²) in [6.07, 6.45) is 9.24. The molecule has 0 radical (unpaired) electrons. The number of unbranched alkanes of at least 4 members (excludes halogenated alkanes) is 4. The van der Waals surface area contributed by atoms with Crippen molar-refractivity contribution in [3.8, 4) is 11.5 Å². The van der Waals surface area contributed by atoms with E-state index in [0.717, 1.165) is 36.5 Å². The minimum Gasteiger partial charge on any atom is -0.423 e. The zero-order chi connectivity index (χ0) is 27.6. The third-order valence-corrected chi connectivity index (χ3v) is 7.10. The molecule has 4 aromatic carbocycles. The van der Waals surface area contributed by atoms with Gasteiger partial charge in [-0.15, -0.1) is 0 Å². The van der Waals surface area contributed by atoms with Crippen molar-refractivity contribution in [2.75, 3.05) is 0 Å². The predicted molar refractivity (Wildman–Crippen MR) is 158 cm³/mol. The van der Waals surface area contributed by atoms with Crippen LogP contribution in [0.2, 0.25) is 5.02 Å². The maximum atomic E-state index is 12.8. The van der Waals surface area contributed by atoms with Gasteiger partial charge in [-0.05, 0) is 84.0 Å². The Bertz CT molecular complexity index is 1430. The number of aryl methyl sites for hydroxylation is 2. The van der Waals surface area contributed by atoms with Gasteiger partial charge in [0.25, 0.3) is 0 Å². The molecule has 0 saturated carbocycles. The molecule has 4 nitrogen and oxygen atoms in total. The van der Waals surface area contributed by atoms with Gasteiger partial charge in [-0.3, -0.25) is 0 Å². The van der Waals surface area contributed by atoms with E-state index in [2.05, 4.69) is 32.0 Å². The Balaban J connectivity index is 1.37. The molecule has 0 fully saturated rings. The van der Waals surface area contributed by atoms with Crippen molar-refractivity contribution >= 4 is 34.3 Å². The molecular weight excluding hydrogens is 508 g/mol. The maximum absolute atomic E-state index is 12.8. The number of benzene rings is 4. The number of carbonyl (C=O) groups is 2. The van der Waals surface area contributed by atoms with Crippen molar-refractivity contribution in [2.24, 2.45) is 0 Å². The molecule has 0 spiro atoms. The Labute approximate surface area is 235 Å². The Morgan fingerprint density at radius 3 is 2.00 bits per heavy atom. The van der Waals surface area contributed by atoms with Crippen LogP contribution < -0.4 is 9.47 Å². The quantitative estimate of drug-likeness (QED) is 0.102. The summed E-state index contributed by atoms with van der Waals surface area (Å²) in [6.45, 7) is 4.37. The summed E-state index contributed by atoms with van der Waals surface area (Å²) in [5.41, 5.74) is 3.16. The summed E-state index contributed by atoms with van der Waals surface area (Å²) in [4.78, 5) is 25.5. The van der Waals surface area contributed by atoms with Crippen LogP contribution in [0.1, 0.15) is 84.2 Å². The molecule has 0 saturated heterocycles. The van der Waals surface area contributed by atoms with Gasteiger partial charge in [0.05, 0.1) is 16.1 Å². The van der Waals surface area contributed by atoms with E-state index in [1.54, 1.807) is 24.3 Å². The number of carbonyl (C=O) groups excluding carboxylic acids is 2. The van der Waals surface area contributed by atoms with Crippen LogP contribution in [0.3, 0.4) is 0 Å². The Hall–Kier alpha value is -3.63. The number of hydrogen-bond acceptors (Lipinski definition) is 4. The van der Waals surface area contributed by atoms with E-state index in [1.165, 1.54) is 48.9 Å². The number of fused-ring (bicyclic) bond motifs is 1. The second kappa shape index (κ2) is 14.0. The highest BCUT2D eigenvalue weighted by Crippen LogP contribution is 2.26. The summed E-state index contributed by atoms with van der Waals surface area (Å²) >= 11 is 6.36. The Kier molecular flexibility index (Phi) is 10.2. The van der Waals surface area contributed by atoms with Gasteiger partial charge in [0.2, 0.25) is 0 Å². The number of rotatable bonds is 12. The average Bonchev–Trinajstić information content (AvgIpc) is 2.94. The van der Waals surface area contributed by atoms with Gasteiger partial charge in [-0.1, -0.05) is 87.5 Å². The SMILES string of the molecule is CCCCCCc1ccc2cc(C(=O)Oc3ccc(C(=O)Oc4ccc(CCCC)cc4)c(Cl)c3)ccc2c1. The first-order valence-corrected chi connectivity index (χ1v) is 14.2. The number of esters is 2. The molecular formula is C34H35ClO4. The Morgan fingerprint density at radius 1 is 0.615 bits per heavy atom. The topological polar surface area (TPSA) is 52.6 Å². The minimum atomic E-state index is -0.571. The largest absolute Gasteiger partial charge is 0.423 e. The number of halogens is 1. The fourth-order valence-corrected chi connectivity index (χ4v) is 4.74. The molecule has 0 aromatic heterocycles. The predicted octanol–water partition coefficient (Wildman–Crippen LogP) is 9.40. The maximum Gasteiger partial charge on any atom is 0.345 e. The first kappa shape index (κ1) is 28.4. The highest BCUT2D eigenvalue weighted by atomic mass is 35.5. The van der Waals surface area contributed by atoms with E-state index in [4.69, 9.17) is 21.1 Å². The van der Waals surface area contributed by atoms with Gasteiger partial charge in [0.1, 0.15) is 11.5 Å². The molecule has 4 rings (SSSR count). The van der Waals surface area contributed by atoms with Gasteiger partial charge in [0, 0.05) is 6.07 Å². The molecule has 0 N–H and O–H groups in total. The van der Waals surface area contributed by atoms with Crippen LogP contribution in [0, 0.1) is 0 Å². The van der Waals surface area contributed by atoms with Crippen LogP contribution in [0.15, 0.2) is 78.9 Å². The van der Waals surface area contributed by atoms with Crippen LogP contribution in [-0.4, -0.2) is 11.9 Å². The van der Waals surface area contributed by atoms with Crippen molar-refractivity contribution < 1.29 is 19.1 Å². The lowest BCUT2D eigenvalue weighted by molar-refractivity contribution is 0.0730. The Morgan fingerprint density at radius 2 is 1.26 bits per heavy atom. The summed E-state index contributed by atoms with van der Waals surface area (Å²) in [6, 6.07) is 23.9. The molecule has 0 amide bonds. The molecule has 5 heteroatoms. The van der Waals surface area contributed by atoms with E-state index in [-0.39, 0.29) is 16.3 Å². The minimum absolute atomic E-state index is 0.148. The van der Waals surface area contributed by atoms with Gasteiger partial charge >= 0.3 is 11.9 Å². The normalized spacial score (nSPS) is 10.9. The first-order chi connectivity index (χ1) is 19.0. The van der Waals surface area contributed by atoms with E-state index in [1.807, 2.05) is 24.3 Å². The van der Waals surface area contributed by atoms with Crippen molar-refractivity contribution in [2.45, 2.75) is 65.2 Å². The van der Waals surface area contributed by atoms with Crippen LogP contribution in [-0.2, 0) is 12.8 Å². The van der Waals surface area contributed by atoms with Crippen molar-refractivity contribution in [3.63, 3.8) is 0 Å². The zero-order valence-electron chi connectivity index (χ0n) is 22.7. The summed E-state index contributed by atoms with van der Waals surface area (Å²) in [5, 5.41) is 2.23. The molecule has 0 aliphatic rings. The summed E-state index contributed by atoms with van der Waals surface area (Å²) < 4.78 is 11.0. The lowest BCUT2D eigenvalue weighted by Crippen LogP contribution is -2.11. The molecule has 0 atom stereocenters. The molecule has 202 valence electrons. The van der Waals surface area contributed by atoms with E-state index in [9.17, 15) is 9.59 Å². The monoisotopic (exact) mass is 542 g/mol. The van der Waals surface area contributed by atoms with E-state index >= 15 is 0 Å². The molecule has 4 aromatic rings. The molecule has 0 aliphatic heterocycles. The van der Waals surface area contributed by atoms with Crippen LogP contribution in [0.5, 0.6) is 11.5 Å². The van der Waals surface area contributed by atoms with Gasteiger partial charge in [-0.2, -0.15) is 0 Å². The van der Waals surface area contributed by atoms with Crippen LogP contribution in [0.4, 0.5) is 0 Å². The fourth-order valence-electron chi connectivity index (χ4n) is 4.49. The van der Waals surface area contributed by atoms with Crippen molar-refractivity contribution in [1.82, 2.24) is 0 Å². The number of ether oxygens (including phenoxy) is 2. The molecule has 0 bridgehead atoms. The van der Waals surface area contributed by atoms with Crippen LogP contribution >= 0.6 is 11.6 Å². The van der Waals surface area contributed by atoms with Gasteiger partial charge in [-0.25, -0.2) is 9.59 Å². The van der Waals surface area contributed by atoms with E-state index in [0.29, 0.717) is 11.3 Å². The molecule has 39 heavy (non-hydrogen) atoms. The van der Waals surface area contributed by atoms with Crippen LogP contribution in [0.25, 0.3) is 10.8 Å². The highest BCUT2D eigenvalue weighted by molar-refractivity contribution is 6.33. The average molecular weight is 543 g/mol. The molecule has 0 aliphatic carbocycles. The third kappa shape index (κ3) is 7.93. The van der Waals surface area contributed by atoms with Gasteiger partial charge in [0.15, 0.2) is 0 Å². The first-order valence-electron chi connectivity index (χ1n) is 13.8. The second-order valence-electron chi connectivity index (χ2n) is 9.88.